The molecular formula is C17H23N5O. The summed E-state index contributed by atoms with van der Waals surface area (Å²) >= 11 is 0. The molecule has 1 aromatic heterocycles. The van der Waals surface area contributed by atoms with Gasteiger partial charge in [-0.05, 0) is 25.3 Å². The number of hydrogen-bond donors (Lipinski definition) is 1. The predicted molar refractivity (Wildman–Crippen MR) is 90.5 cm³/mol. The molecule has 1 aliphatic heterocycles. The predicted octanol–water partition coefficient (Wildman–Crippen LogP) is 2.49. The molecule has 23 heavy (non-hydrogen) atoms. The summed E-state index contributed by atoms with van der Waals surface area (Å²) in [5, 5.41) is 11.4. The van der Waals surface area contributed by atoms with Crippen LogP contribution in [-0.4, -0.2) is 41.0 Å². The fourth-order valence-corrected chi connectivity index (χ4v) is 2.69. The van der Waals surface area contributed by atoms with Gasteiger partial charge in [-0.1, -0.05) is 30.3 Å². The fraction of sp³-hybridized carbons (Fsp3) is 0.471. The number of nitrogens with zero attached hydrogens (tertiary/aromatic N) is 4. The number of ether oxygens (including phenoxy) is 1. The molecule has 6 heteroatoms. The first-order valence-electron chi connectivity index (χ1n) is 8.19. The van der Waals surface area contributed by atoms with E-state index < -0.39 is 0 Å². The Morgan fingerprint density at radius 3 is 2.91 bits per heavy atom. The molecule has 2 heterocycles. The zero-order chi connectivity index (χ0) is 15.9. The maximum absolute atomic E-state index is 5.60. The molecule has 0 saturated carbocycles. The van der Waals surface area contributed by atoms with Crippen molar-refractivity contribution in [3.63, 3.8) is 0 Å². The first-order valence-corrected chi connectivity index (χ1v) is 8.19. The van der Waals surface area contributed by atoms with Gasteiger partial charge in [0.05, 0.1) is 12.3 Å². The minimum Gasteiger partial charge on any atom is -0.376 e. The van der Waals surface area contributed by atoms with Gasteiger partial charge in [-0.15, -0.1) is 5.10 Å². The zero-order valence-corrected chi connectivity index (χ0v) is 13.5. The Kier molecular flexibility index (Phi) is 5.37. The Morgan fingerprint density at radius 1 is 1.30 bits per heavy atom. The van der Waals surface area contributed by atoms with Crippen LogP contribution in [0.1, 0.15) is 25.3 Å². The molecule has 1 N–H and O–H groups in total. The third-order valence-corrected chi connectivity index (χ3v) is 3.98. The van der Waals surface area contributed by atoms with E-state index in [2.05, 4.69) is 56.6 Å². The van der Waals surface area contributed by atoms with Crippen molar-refractivity contribution < 1.29 is 4.74 Å². The summed E-state index contributed by atoms with van der Waals surface area (Å²) in [5.41, 5.74) is 1.25. The summed E-state index contributed by atoms with van der Waals surface area (Å²) < 4.78 is 5.60. The lowest BCUT2D eigenvalue weighted by atomic mass is 10.2. The maximum Gasteiger partial charge on any atom is 0.244 e. The van der Waals surface area contributed by atoms with Crippen LogP contribution in [0.4, 0.5) is 11.8 Å². The SMILES string of the molecule is CCN(Cc1ccccc1)c1cnnc(NCC2CCCO2)n1. The molecule has 1 aliphatic rings. The van der Waals surface area contributed by atoms with Crippen LogP contribution in [0.3, 0.4) is 0 Å². The molecule has 1 unspecified atom stereocenters. The van der Waals surface area contributed by atoms with Crippen molar-refractivity contribution in [1.82, 2.24) is 15.2 Å². The molecule has 1 fully saturated rings. The minimum atomic E-state index is 0.258. The van der Waals surface area contributed by atoms with Gasteiger partial charge >= 0.3 is 0 Å². The van der Waals surface area contributed by atoms with E-state index >= 15 is 0 Å². The van der Waals surface area contributed by atoms with Gasteiger partial charge in [-0.2, -0.15) is 10.1 Å². The molecule has 122 valence electrons. The van der Waals surface area contributed by atoms with Crippen molar-refractivity contribution in [2.45, 2.75) is 32.4 Å². The van der Waals surface area contributed by atoms with E-state index in [4.69, 9.17) is 4.74 Å². The van der Waals surface area contributed by atoms with Crippen molar-refractivity contribution >= 4 is 11.8 Å². The first kappa shape index (κ1) is 15.7. The van der Waals surface area contributed by atoms with Gasteiger partial charge in [0.15, 0.2) is 5.82 Å². The van der Waals surface area contributed by atoms with Crippen LogP contribution < -0.4 is 10.2 Å². The molecule has 0 spiro atoms. The average Bonchev–Trinajstić information content (AvgIpc) is 3.12. The van der Waals surface area contributed by atoms with Gasteiger partial charge in [0, 0.05) is 26.2 Å². The molecular weight excluding hydrogens is 290 g/mol. The van der Waals surface area contributed by atoms with Gasteiger partial charge in [0.1, 0.15) is 0 Å². The van der Waals surface area contributed by atoms with Crippen LogP contribution in [-0.2, 0) is 11.3 Å². The van der Waals surface area contributed by atoms with Crippen LogP contribution >= 0.6 is 0 Å². The van der Waals surface area contributed by atoms with Crippen LogP contribution in [0.2, 0.25) is 0 Å². The molecule has 0 amide bonds. The van der Waals surface area contributed by atoms with Crippen LogP contribution in [0.15, 0.2) is 36.5 Å². The smallest absolute Gasteiger partial charge is 0.244 e. The van der Waals surface area contributed by atoms with Crippen LogP contribution in [0, 0.1) is 0 Å². The molecule has 3 rings (SSSR count). The lowest BCUT2D eigenvalue weighted by Gasteiger charge is -2.22. The summed E-state index contributed by atoms with van der Waals surface area (Å²) in [4.78, 5) is 6.77. The monoisotopic (exact) mass is 313 g/mol. The van der Waals surface area contributed by atoms with E-state index in [0.29, 0.717) is 5.95 Å². The van der Waals surface area contributed by atoms with Crippen molar-refractivity contribution in [2.24, 2.45) is 0 Å². The summed E-state index contributed by atoms with van der Waals surface area (Å²) in [6.45, 7) is 5.37. The van der Waals surface area contributed by atoms with Crippen LogP contribution in [0.25, 0.3) is 0 Å². The molecule has 0 radical (unpaired) electrons. The maximum atomic E-state index is 5.60. The summed E-state index contributed by atoms with van der Waals surface area (Å²) in [6, 6.07) is 10.4. The lowest BCUT2D eigenvalue weighted by molar-refractivity contribution is 0.120. The van der Waals surface area contributed by atoms with E-state index in [1.807, 2.05) is 6.07 Å². The van der Waals surface area contributed by atoms with Crippen molar-refractivity contribution in [3.05, 3.63) is 42.1 Å². The first-order chi connectivity index (χ1) is 11.3. The minimum absolute atomic E-state index is 0.258. The van der Waals surface area contributed by atoms with Crippen molar-refractivity contribution in [3.8, 4) is 0 Å². The zero-order valence-electron chi connectivity index (χ0n) is 13.5. The Hall–Kier alpha value is -2.21. The van der Waals surface area contributed by atoms with Gasteiger partial charge < -0.3 is 15.0 Å². The molecule has 0 aliphatic carbocycles. The molecule has 6 nitrogen and oxygen atoms in total. The van der Waals surface area contributed by atoms with E-state index in [1.165, 1.54) is 5.56 Å². The third kappa shape index (κ3) is 4.39. The Bertz CT molecular complexity index is 601. The topological polar surface area (TPSA) is 63.2 Å². The summed E-state index contributed by atoms with van der Waals surface area (Å²) in [6.07, 6.45) is 4.19. The largest absolute Gasteiger partial charge is 0.376 e. The molecule has 2 aromatic rings. The highest BCUT2D eigenvalue weighted by Gasteiger charge is 2.16. The van der Waals surface area contributed by atoms with Crippen molar-refractivity contribution in [2.75, 3.05) is 29.9 Å². The number of anilines is 2. The van der Waals surface area contributed by atoms with Gasteiger partial charge in [0.25, 0.3) is 0 Å². The fourth-order valence-electron chi connectivity index (χ4n) is 2.69. The second-order valence-electron chi connectivity index (χ2n) is 5.65. The highest BCUT2D eigenvalue weighted by molar-refractivity contribution is 5.41. The molecule has 1 atom stereocenters. The molecule has 0 bridgehead atoms. The molecule has 1 saturated heterocycles. The number of benzene rings is 1. The van der Waals surface area contributed by atoms with Gasteiger partial charge in [-0.3, -0.25) is 0 Å². The summed E-state index contributed by atoms with van der Waals surface area (Å²) in [5.74, 6) is 1.39. The van der Waals surface area contributed by atoms with E-state index in [-0.39, 0.29) is 6.10 Å². The van der Waals surface area contributed by atoms with Crippen molar-refractivity contribution in [1.29, 1.82) is 0 Å². The van der Waals surface area contributed by atoms with Gasteiger partial charge in [-0.25, -0.2) is 0 Å². The molecule has 1 aromatic carbocycles. The lowest BCUT2D eigenvalue weighted by Crippen LogP contribution is -2.25. The quantitative estimate of drug-likeness (QED) is 0.847. The Balaban J connectivity index is 1.64. The number of aromatic nitrogens is 3. The second kappa shape index (κ2) is 7.87. The van der Waals surface area contributed by atoms with E-state index in [9.17, 15) is 0 Å². The highest BCUT2D eigenvalue weighted by Crippen LogP contribution is 2.16. The standard InChI is InChI=1S/C17H23N5O/c1-2-22(13-14-7-4-3-5-8-14)16-12-19-21-17(20-16)18-11-15-9-6-10-23-15/h3-5,7-8,12,15H,2,6,9-11,13H2,1H3,(H,18,20,21). The third-order valence-electron chi connectivity index (χ3n) is 3.98. The average molecular weight is 313 g/mol. The second-order valence-corrected chi connectivity index (χ2v) is 5.65. The Labute approximate surface area is 136 Å². The number of rotatable bonds is 7. The number of hydrogen-bond acceptors (Lipinski definition) is 6. The normalized spacial score (nSPS) is 17.2. The van der Waals surface area contributed by atoms with Gasteiger partial charge in [0.2, 0.25) is 5.95 Å². The summed E-state index contributed by atoms with van der Waals surface area (Å²) in [7, 11) is 0. The van der Waals surface area contributed by atoms with E-state index in [0.717, 1.165) is 44.9 Å². The number of nitrogens with one attached hydrogen (secondary N) is 1. The van der Waals surface area contributed by atoms with E-state index in [1.54, 1.807) is 6.20 Å². The highest BCUT2D eigenvalue weighted by atomic mass is 16.5. The Morgan fingerprint density at radius 2 is 2.17 bits per heavy atom. The van der Waals surface area contributed by atoms with Crippen LogP contribution in [0.5, 0.6) is 0 Å².